The van der Waals surface area contributed by atoms with Gasteiger partial charge in [-0.25, -0.2) is 9.59 Å². The summed E-state index contributed by atoms with van der Waals surface area (Å²) >= 11 is 0. The Hall–Kier alpha value is -2.52. The molecule has 184 valence electrons. The fourth-order valence-electron chi connectivity index (χ4n) is 9.10. The molecule has 2 bridgehead atoms. The van der Waals surface area contributed by atoms with Gasteiger partial charge in [0.2, 0.25) is 0 Å². The average molecular weight is 473 g/mol. The number of carbonyl (C=O) groups is 2. The van der Waals surface area contributed by atoms with Crippen molar-refractivity contribution in [2.45, 2.75) is 61.1 Å². The highest BCUT2D eigenvalue weighted by molar-refractivity contribution is 6.01. The number of esters is 1. The van der Waals surface area contributed by atoms with Crippen LogP contribution in [0.3, 0.4) is 0 Å². The fourth-order valence-corrected chi connectivity index (χ4v) is 9.10. The predicted octanol–water partition coefficient (Wildman–Crippen LogP) is 2.22. The third kappa shape index (κ3) is 2.03. The third-order valence-electron chi connectivity index (χ3n) is 9.83. The minimum absolute atomic E-state index is 0.0962. The number of nitrogens with zero attached hydrogens (tertiary/aromatic N) is 2. The summed E-state index contributed by atoms with van der Waals surface area (Å²) in [7, 11) is 5.72. The Bertz CT molecular complexity index is 1090. The Balaban J connectivity index is 1.76. The maximum Gasteiger partial charge on any atom is 0.414 e. The van der Waals surface area contributed by atoms with Crippen LogP contribution in [0, 0.1) is 5.41 Å². The van der Waals surface area contributed by atoms with E-state index < -0.39 is 28.6 Å². The third-order valence-corrected chi connectivity index (χ3v) is 9.83. The van der Waals surface area contributed by atoms with Crippen LogP contribution in [-0.2, 0) is 19.7 Å². The monoisotopic (exact) mass is 472 g/mol. The van der Waals surface area contributed by atoms with Crippen molar-refractivity contribution in [1.82, 2.24) is 4.90 Å². The lowest BCUT2D eigenvalue weighted by molar-refractivity contribution is -0.227. The molecule has 3 aliphatic carbocycles. The van der Waals surface area contributed by atoms with Crippen molar-refractivity contribution in [1.29, 1.82) is 0 Å². The molecule has 3 saturated carbocycles. The van der Waals surface area contributed by atoms with E-state index in [0.29, 0.717) is 30.0 Å². The number of rotatable bonds is 3. The normalized spacial score (nSPS) is 39.2. The molecule has 2 unspecified atom stereocenters. The Morgan fingerprint density at radius 1 is 1.00 bits per heavy atom. The predicted molar refractivity (Wildman–Crippen MR) is 121 cm³/mol. The van der Waals surface area contributed by atoms with Crippen molar-refractivity contribution in [3.8, 4) is 11.5 Å². The Morgan fingerprint density at radius 3 is 2.47 bits per heavy atom. The van der Waals surface area contributed by atoms with Gasteiger partial charge in [0.1, 0.15) is 5.54 Å². The van der Waals surface area contributed by atoms with Crippen LogP contribution in [0.15, 0.2) is 12.1 Å². The van der Waals surface area contributed by atoms with Crippen molar-refractivity contribution in [3.63, 3.8) is 0 Å². The van der Waals surface area contributed by atoms with Gasteiger partial charge in [-0.3, -0.25) is 9.80 Å². The van der Waals surface area contributed by atoms with Crippen LogP contribution < -0.4 is 14.4 Å². The van der Waals surface area contributed by atoms with E-state index in [-0.39, 0.29) is 17.9 Å². The van der Waals surface area contributed by atoms with Gasteiger partial charge in [-0.2, -0.15) is 0 Å². The molecule has 3 aliphatic heterocycles. The molecular weight excluding hydrogens is 440 g/mol. The van der Waals surface area contributed by atoms with Gasteiger partial charge in [0.05, 0.1) is 34.1 Å². The molecule has 5 atom stereocenters. The number of hydrogen-bond donors (Lipinski definition) is 1. The fraction of sp³-hybridized carbons (Fsp3) is 0.680. The topological polar surface area (TPSA) is 97.8 Å². The van der Waals surface area contributed by atoms with Gasteiger partial charge in [-0.1, -0.05) is 6.07 Å². The number of piperidine rings is 1. The SMILES string of the molecule is COC(=O)N1c2c(ccc(OC)c2OC)[C@@]23CCN4CCCC5(CCC12[C@](O)(C(=O)OC)C5)[C@H]43. The van der Waals surface area contributed by atoms with Crippen molar-refractivity contribution in [3.05, 3.63) is 17.7 Å². The van der Waals surface area contributed by atoms with Crippen LogP contribution in [0.2, 0.25) is 0 Å². The van der Waals surface area contributed by atoms with E-state index >= 15 is 0 Å². The van der Waals surface area contributed by atoms with E-state index in [1.54, 1.807) is 7.11 Å². The molecule has 9 nitrogen and oxygen atoms in total. The van der Waals surface area contributed by atoms with Crippen LogP contribution in [0.1, 0.15) is 44.1 Å². The summed E-state index contributed by atoms with van der Waals surface area (Å²) in [4.78, 5) is 31.2. The second-order valence-corrected chi connectivity index (χ2v) is 10.5. The molecule has 1 aromatic carbocycles. The number of aliphatic hydroxyl groups is 1. The molecule has 5 fully saturated rings. The molecule has 2 saturated heterocycles. The Kier molecular flexibility index (Phi) is 4.39. The highest BCUT2D eigenvalue weighted by atomic mass is 16.6. The molecule has 1 N–H and O–H groups in total. The number of ether oxygens (including phenoxy) is 4. The lowest BCUT2D eigenvalue weighted by Crippen LogP contribution is -2.86. The van der Waals surface area contributed by atoms with Crippen molar-refractivity contribution < 1.29 is 33.6 Å². The molecule has 3 spiro atoms. The minimum Gasteiger partial charge on any atom is -0.493 e. The lowest BCUT2D eigenvalue weighted by atomic mass is 9.37. The minimum atomic E-state index is -1.89. The van der Waals surface area contributed by atoms with Crippen molar-refractivity contribution >= 4 is 17.7 Å². The average Bonchev–Trinajstić information content (AvgIpc) is 3.38. The number of amides is 1. The summed E-state index contributed by atoms with van der Waals surface area (Å²) in [5.41, 5.74) is -2.63. The molecule has 9 heteroatoms. The van der Waals surface area contributed by atoms with Crippen LogP contribution in [0.4, 0.5) is 10.5 Å². The van der Waals surface area contributed by atoms with Crippen LogP contribution in [0.5, 0.6) is 11.5 Å². The van der Waals surface area contributed by atoms with Gasteiger partial charge in [-0.05, 0) is 68.7 Å². The largest absolute Gasteiger partial charge is 0.493 e. The first-order chi connectivity index (χ1) is 16.3. The van der Waals surface area contributed by atoms with E-state index in [4.69, 9.17) is 18.9 Å². The quantitative estimate of drug-likeness (QED) is 0.669. The molecular formula is C25H32N2O7. The maximum absolute atomic E-state index is 13.6. The highest BCUT2D eigenvalue weighted by Crippen LogP contribution is 2.78. The van der Waals surface area contributed by atoms with E-state index in [0.717, 1.165) is 37.9 Å². The summed E-state index contributed by atoms with van der Waals surface area (Å²) in [6.07, 6.45) is 3.60. The second kappa shape index (κ2) is 6.79. The molecule has 3 heterocycles. The van der Waals surface area contributed by atoms with Crippen LogP contribution >= 0.6 is 0 Å². The zero-order valence-electron chi connectivity index (χ0n) is 20.2. The molecule has 7 rings (SSSR count). The number of methoxy groups -OCH3 is 4. The van der Waals surface area contributed by atoms with E-state index in [2.05, 4.69) is 4.90 Å². The van der Waals surface area contributed by atoms with E-state index in [9.17, 15) is 14.7 Å². The number of carbonyl (C=O) groups excluding carboxylic acids is 2. The number of benzene rings is 1. The van der Waals surface area contributed by atoms with Gasteiger partial charge in [0.25, 0.3) is 0 Å². The second-order valence-electron chi connectivity index (χ2n) is 10.5. The van der Waals surface area contributed by atoms with Crippen molar-refractivity contribution in [2.24, 2.45) is 5.41 Å². The summed E-state index contributed by atoms with van der Waals surface area (Å²) in [6, 6.07) is 3.95. The lowest BCUT2D eigenvalue weighted by Gasteiger charge is -2.71. The number of anilines is 1. The van der Waals surface area contributed by atoms with Gasteiger partial charge >= 0.3 is 12.1 Å². The Morgan fingerprint density at radius 2 is 1.79 bits per heavy atom. The molecule has 1 amide bonds. The summed E-state index contributed by atoms with van der Waals surface area (Å²) < 4.78 is 22.0. The first-order valence-electron chi connectivity index (χ1n) is 12.0. The molecule has 0 radical (unpaired) electrons. The van der Waals surface area contributed by atoms with E-state index in [1.165, 1.54) is 26.2 Å². The van der Waals surface area contributed by atoms with E-state index in [1.807, 2.05) is 12.1 Å². The summed E-state index contributed by atoms with van der Waals surface area (Å²) in [5, 5.41) is 12.5. The van der Waals surface area contributed by atoms with Gasteiger partial charge in [0.15, 0.2) is 17.1 Å². The van der Waals surface area contributed by atoms with Crippen LogP contribution in [0.25, 0.3) is 0 Å². The zero-order valence-corrected chi connectivity index (χ0v) is 20.2. The molecule has 6 aliphatic rings. The number of fused-ring (bicyclic) bond motifs is 3. The Labute approximate surface area is 198 Å². The zero-order chi connectivity index (χ0) is 24.1. The van der Waals surface area contributed by atoms with Gasteiger partial charge in [-0.15, -0.1) is 0 Å². The van der Waals surface area contributed by atoms with Crippen molar-refractivity contribution in [2.75, 3.05) is 46.4 Å². The molecule has 1 aromatic rings. The first kappa shape index (κ1) is 22.0. The molecule has 0 aromatic heterocycles. The summed E-state index contributed by atoms with van der Waals surface area (Å²) in [5.74, 6) is 0.189. The summed E-state index contributed by atoms with van der Waals surface area (Å²) in [6.45, 7) is 1.82. The maximum atomic E-state index is 13.6. The first-order valence-corrected chi connectivity index (χ1v) is 12.0. The smallest absolute Gasteiger partial charge is 0.414 e. The number of hydrogen-bond acceptors (Lipinski definition) is 8. The highest BCUT2D eigenvalue weighted by Gasteiger charge is 2.87. The standard InChI is InChI=1S/C25H32N2O7/c1-31-16-7-6-15-17(18(16)32-2)27(21(29)34-4)25-10-9-22(14-24(25,30)20(28)33-3)8-5-12-26-13-11-23(15,25)19(22)26/h6-7,19,30H,5,8-14H2,1-4H3/t19-,22?,23+,24+,25?/m0/s1. The molecule has 34 heavy (non-hydrogen) atoms. The van der Waals surface area contributed by atoms with Gasteiger partial charge < -0.3 is 24.1 Å². The van der Waals surface area contributed by atoms with Gasteiger partial charge in [0, 0.05) is 11.5 Å². The van der Waals surface area contributed by atoms with Crippen LogP contribution in [-0.4, -0.2) is 80.8 Å².